The van der Waals surface area contributed by atoms with Crippen LogP contribution in [0.25, 0.3) is 4.96 Å². The smallest absolute Gasteiger partial charge is 0.220 e. The number of amides is 1. The van der Waals surface area contributed by atoms with Gasteiger partial charge in [-0.1, -0.05) is 0 Å². The lowest BCUT2D eigenvalue weighted by atomic mass is 10.0. The average Bonchev–Trinajstić information content (AvgIpc) is 3.19. The van der Waals surface area contributed by atoms with Crippen LogP contribution in [0.15, 0.2) is 28.1 Å². The Labute approximate surface area is 144 Å². The Bertz CT molecular complexity index is 860. The number of fused-ring (bicyclic) bond motifs is 1. The molecule has 0 bridgehead atoms. The Hall–Kier alpha value is -2.12. The molecule has 0 fully saturated rings. The molecule has 0 radical (unpaired) electrons. The van der Waals surface area contributed by atoms with E-state index in [9.17, 15) is 9.90 Å². The topological polar surface area (TPSA) is 79.8 Å². The predicted octanol–water partition coefficient (Wildman–Crippen LogP) is 2.56. The van der Waals surface area contributed by atoms with Crippen LogP contribution in [0.5, 0.6) is 0 Å². The Morgan fingerprint density at radius 1 is 1.46 bits per heavy atom. The van der Waals surface area contributed by atoms with Crippen molar-refractivity contribution in [3.05, 3.63) is 46.6 Å². The van der Waals surface area contributed by atoms with Crippen molar-refractivity contribution in [1.29, 1.82) is 0 Å². The first-order valence-corrected chi connectivity index (χ1v) is 8.71. The zero-order chi connectivity index (χ0) is 17.3. The van der Waals surface area contributed by atoms with Crippen LogP contribution in [0.2, 0.25) is 0 Å². The van der Waals surface area contributed by atoms with Crippen LogP contribution in [0.3, 0.4) is 0 Å². The van der Waals surface area contributed by atoms with Crippen molar-refractivity contribution in [3.8, 4) is 0 Å². The largest absolute Gasteiger partial charge is 0.463 e. The first kappa shape index (κ1) is 16.7. The molecule has 3 aromatic rings. The summed E-state index contributed by atoms with van der Waals surface area (Å²) in [5.41, 5.74) is 0.817. The molecule has 0 saturated heterocycles. The van der Waals surface area contributed by atoms with Gasteiger partial charge < -0.3 is 14.8 Å². The van der Waals surface area contributed by atoms with E-state index in [1.54, 1.807) is 30.4 Å². The number of imidazole rings is 1. The van der Waals surface area contributed by atoms with E-state index in [4.69, 9.17) is 4.42 Å². The van der Waals surface area contributed by atoms with Gasteiger partial charge in [0, 0.05) is 23.7 Å². The maximum atomic E-state index is 12.1. The summed E-state index contributed by atoms with van der Waals surface area (Å²) >= 11 is 1.57. The highest BCUT2D eigenvalue weighted by Gasteiger charge is 2.27. The van der Waals surface area contributed by atoms with Gasteiger partial charge >= 0.3 is 0 Å². The van der Waals surface area contributed by atoms with E-state index in [1.807, 2.05) is 29.8 Å². The number of rotatable bonds is 6. The molecule has 0 spiro atoms. The molecule has 1 amide bonds. The molecule has 128 valence electrons. The van der Waals surface area contributed by atoms with E-state index in [1.165, 1.54) is 0 Å². The minimum atomic E-state index is -1.22. The summed E-state index contributed by atoms with van der Waals surface area (Å²) in [5.74, 6) is 1.08. The second-order valence-corrected chi connectivity index (χ2v) is 7.06. The zero-order valence-electron chi connectivity index (χ0n) is 14.0. The minimum absolute atomic E-state index is 0.102. The fourth-order valence-corrected chi connectivity index (χ4v) is 3.49. The number of hydrogen-bond donors (Lipinski definition) is 2. The number of carbonyl (C=O) groups is 1. The summed E-state index contributed by atoms with van der Waals surface area (Å²) in [7, 11) is 0. The molecule has 0 aliphatic heterocycles. The van der Waals surface area contributed by atoms with Gasteiger partial charge in [0.1, 0.15) is 17.1 Å². The molecule has 1 atom stereocenters. The molecule has 0 aliphatic rings. The molecule has 3 aromatic heterocycles. The van der Waals surface area contributed by atoms with Gasteiger partial charge in [-0.15, -0.1) is 11.3 Å². The molecule has 7 heteroatoms. The van der Waals surface area contributed by atoms with Crippen molar-refractivity contribution in [2.45, 2.75) is 39.2 Å². The molecule has 3 rings (SSSR count). The lowest BCUT2D eigenvalue weighted by molar-refractivity contribution is -0.122. The van der Waals surface area contributed by atoms with Crippen LogP contribution in [0.1, 0.15) is 36.3 Å². The summed E-state index contributed by atoms with van der Waals surface area (Å²) in [4.78, 5) is 17.4. The molecule has 1 unspecified atom stereocenters. The Morgan fingerprint density at radius 3 is 2.96 bits per heavy atom. The second kappa shape index (κ2) is 6.41. The van der Waals surface area contributed by atoms with E-state index < -0.39 is 5.60 Å². The Morgan fingerprint density at radius 2 is 2.25 bits per heavy atom. The number of nitrogens with zero attached hydrogens (tertiary/aromatic N) is 2. The van der Waals surface area contributed by atoms with Crippen LogP contribution in [-0.4, -0.2) is 26.9 Å². The molecule has 3 heterocycles. The van der Waals surface area contributed by atoms with Gasteiger partial charge in [0.05, 0.1) is 12.2 Å². The number of thiazole rings is 1. The highest BCUT2D eigenvalue weighted by atomic mass is 32.1. The van der Waals surface area contributed by atoms with Gasteiger partial charge in [0.15, 0.2) is 4.96 Å². The summed E-state index contributed by atoms with van der Waals surface area (Å²) in [6.07, 6.45) is 2.96. The van der Waals surface area contributed by atoms with Gasteiger partial charge in [-0.2, -0.15) is 0 Å². The number of aliphatic hydroxyl groups is 1. The first-order chi connectivity index (χ1) is 11.3. The third kappa shape index (κ3) is 3.52. The van der Waals surface area contributed by atoms with Crippen LogP contribution < -0.4 is 5.32 Å². The van der Waals surface area contributed by atoms with E-state index in [-0.39, 0.29) is 12.5 Å². The van der Waals surface area contributed by atoms with E-state index in [0.717, 1.165) is 22.1 Å². The standard InChI is InChI=1S/C17H21N3O3S/c1-11-8-20-13(9-24-16(20)19-11)5-7-15(21)18-10-17(3,22)14-6-4-12(2)23-14/h4,6,8-9,22H,5,7,10H2,1-3H3,(H,18,21). The van der Waals surface area contributed by atoms with Crippen LogP contribution in [-0.2, 0) is 16.8 Å². The van der Waals surface area contributed by atoms with Gasteiger partial charge in [0.25, 0.3) is 0 Å². The minimum Gasteiger partial charge on any atom is -0.463 e. The summed E-state index contributed by atoms with van der Waals surface area (Å²) in [6, 6.07) is 3.52. The number of hydrogen-bond acceptors (Lipinski definition) is 5. The van der Waals surface area contributed by atoms with Crippen molar-refractivity contribution in [2.24, 2.45) is 0 Å². The molecule has 2 N–H and O–H groups in total. The van der Waals surface area contributed by atoms with E-state index in [0.29, 0.717) is 18.6 Å². The fourth-order valence-electron chi connectivity index (χ4n) is 2.53. The number of furan rings is 1. The molecular weight excluding hydrogens is 326 g/mol. The maximum absolute atomic E-state index is 12.1. The first-order valence-electron chi connectivity index (χ1n) is 7.83. The molecule has 0 aliphatic carbocycles. The van der Waals surface area contributed by atoms with Crippen LogP contribution in [0, 0.1) is 13.8 Å². The third-order valence-corrected chi connectivity index (χ3v) is 4.80. The summed E-state index contributed by atoms with van der Waals surface area (Å²) in [5, 5.41) is 15.2. The van der Waals surface area contributed by atoms with Crippen LogP contribution >= 0.6 is 11.3 Å². The SMILES string of the molecule is Cc1cn2c(CCC(=O)NCC(C)(O)c3ccc(C)o3)csc2n1. The zero-order valence-corrected chi connectivity index (χ0v) is 14.8. The summed E-state index contributed by atoms with van der Waals surface area (Å²) in [6.45, 7) is 5.51. The van der Waals surface area contributed by atoms with E-state index in [2.05, 4.69) is 10.3 Å². The lowest BCUT2D eigenvalue weighted by Crippen LogP contribution is -2.38. The third-order valence-electron chi connectivity index (χ3n) is 3.91. The van der Waals surface area contributed by atoms with Crippen molar-refractivity contribution < 1.29 is 14.3 Å². The number of aryl methyl sites for hydroxylation is 3. The monoisotopic (exact) mass is 347 g/mol. The van der Waals surface area contributed by atoms with Gasteiger partial charge in [-0.3, -0.25) is 9.20 Å². The lowest BCUT2D eigenvalue weighted by Gasteiger charge is -2.21. The maximum Gasteiger partial charge on any atom is 0.220 e. The van der Waals surface area contributed by atoms with Gasteiger partial charge in [-0.25, -0.2) is 4.98 Å². The number of carbonyl (C=O) groups excluding carboxylic acids is 1. The molecular formula is C17H21N3O3S. The molecule has 24 heavy (non-hydrogen) atoms. The highest BCUT2D eigenvalue weighted by Crippen LogP contribution is 2.22. The average molecular weight is 347 g/mol. The number of nitrogens with one attached hydrogen (secondary N) is 1. The van der Waals surface area contributed by atoms with Crippen molar-refractivity contribution >= 4 is 22.2 Å². The summed E-state index contributed by atoms with van der Waals surface area (Å²) < 4.78 is 7.46. The van der Waals surface area contributed by atoms with Crippen molar-refractivity contribution in [3.63, 3.8) is 0 Å². The second-order valence-electron chi connectivity index (χ2n) is 6.22. The number of aromatic nitrogens is 2. The predicted molar refractivity (Wildman–Crippen MR) is 92.2 cm³/mol. The fraction of sp³-hybridized carbons (Fsp3) is 0.412. The molecule has 6 nitrogen and oxygen atoms in total. The van der Waals surface area contributed by atoms with Crippen molar-refractivity contribution in [1.82, 2.24) is 14.7 Å². The Kier molecular flexibility index (Phi) is 4.47. The van der Waals surface area contributed by atoms with Gasteiger partial charge in [0.2, 0.25) is 5.91 Å². The molecule has 0 saturated carbocycles. The van der Waals surface area contributed by atoms with Gasteiger partial charge in [-0.05, 0) is 39.3 Å². The highest BCUT2D eigenvalue weighted by molar-refractivity contribution is 7.15. The quantitative estimate of drug-likeness (QED) is 0.718. The normalized spacial score (nSPS) is 14.0. The molecule has 0 aromatic carbocycles. The Balaban J connectivity index is 1.54. The van der Waals surface area contributed by atoms with E-state index >= 15 is 0 Å². The van der Waals surface area contributed by atoms with Crippen LogP contribution in [0.4, 0.5) is 0 Å². The van der Waals surface area contributed by atoms with Crippen molar-refractivity contribution in [2.75, 3.05) is 6.54 Å².